The number of carbonyl (C=O) groups excluding carboxylic acids is 3. The molecule has 0 aliphatic carbocycles. The van der Waals surface area contributed by atoms with Crippen LogP contribution in [0.15, 0.2) is 97.2 Å². The molecule has 0 aliphatic rings. The Bertz CT molecular complexity index is 1700. The molecule has 0 bridgehead atoms. The third-order valence-electron chi connectivity index (χ3n) is 15.1. The molecule has 0 rings (SSSR count). The first-order valence-electron chi connectivity index (χ1n) is 34.9. The van der Waals surface area contributed by atoms with E-state index in [9.17, 15) is 19.5 Å². The summed E-state index contributed by atoms with van der Waals surface area (Å²) in [7, 11) is 5.93. The zero-order valence-electron chi connectivity index (χ0n) is 55.3. The van der Waals surface area contributed by atoms with Gasteiger partial charge in [0.1, 0.15) is 13.2 Å². The predicted octanol–water partition coefficient (Wildman–Crippen LogP) is 20.3. The largest absolute Gasteiger partial charge is 0.545 e. The van der Waals surface area contributed by atoms with Crippen LogP contribution in [0, 0.1) is 0 Å². The molecule has 0 spiro atoms. The van der Waals surface area contributed by atoms with E-state index in [0.29, 0.717) is 23.9 Å². The van der Waals surface area contributed by atoms with Crippen LogP contribution < -0.4 is 5.11 Å². The van der Waals surface area contributed by atoms with Crippen LogP contribution in [0.5, 0.6) is 0 Å². The Labute approximate surface area is 518 Å². The SMILES string of the molecule is CC/C=C\C/C=C\C/C=C\C/C=C\C/C=C\C/C=C\C/C=C\C/C=C\CCCCCCCCCCCCCCC(=O)OC(COC(=O)CCCCCCCCCCCCCCCCCCCCCCCC)COC(OCC[N+](C)(C)C)C(=O)[O-]. The number of carbonyl (C=O) groups is 3. The second kappa shape index (κ2) is 65.2. The summed E-state index contributed by atoms with van der Waals surface area (Å²) in [5.41, 5.74) is 0. The quantitative estimate of drug-likeness (QED) is 0.0195. The minimum absolute atomic E-state index is 0.146. The Morgan fingerprint density at radius 2 is 0.679 bits per heavy atom. The minimum atomic E-state index is -1.62. The van der Waals surface area contributed by atoms with Gasteiger partial charge in [-0.25, -0.2) is 0 Å². The molecular weight excluding hydrogens is 1040 g/mol. The van der Waals surface area contributed by atoms with Crippen molar-refractivity contribution < 1.29 is 42.9 Å². The van der Waals surface area contributed by atoms with Crippen LogP contribution in [0.25, 0.3) is 0 Å². The first-order chi connectivity index (χ1) is 41.1. The van der Waals surface area contributed by atoms with Crippen LogP contribution >= 0.6 is 0 Å². The smallest absolute Gasteiger partial charge is 0.306 e. The Kier molecular flexibility index (Phi) is 62.2. The molecule has 84 heavy (non-hydrogen) atoms. The Balaban J connectivity index is 4.12. The molecule has 0 aromatic heterocycles. The fraction of sp³-hybridized carbons (Fsp3) is 0.747. The highest BCUT2D eigenvalue weighted by Crippen LogP contribution is 2.18. The van der Waals surface area contributed by atoms with Crippen LogP contribution in [0.4, 0.5) is 0 Å². The van der Waals surface area contributed by atoms with E-state index >= 15 is 0 Å². The van der Waals surface area contributed by atoms with Gasteiger partial charge in [-0.3, -0.25) is 9.59 Å². The van der Waals surface area contributed by atoms with Gasteiger partial charge in [0.05, 0.1) is 40.3 Å². The zero-order valence-corrected chi connectivity index (χ0v) is 55.3. The van der Waals surface area contributed by atoms with E-state index in [0.717, 1.165) is 89.9 Å². The zero-order chi connectivity index (χ0) is 61.2. The van der Waals surface area contributed by atoms with Gasteiger partial charge >= 0.3 is 11.9 Å². The van der Waals surface area contributed by atoms with E-state index in [2.05, 4.69) is 111 Å². The van der Waals surface area contributed by atoms with Gasteiger partial charge in [-0.1, -0.05) is 310 Å². The first-order valence-corrected chi connectivity index (χ1v) is 34.9. The van der Waals surface area contributed by atoms with E-state index in [1.807, 2.05) is 21.1 Å². The summed E-state index contributed by atoms with van der Waals surface area (Å²) >= 11 is 0. The Morgan fingerprint density at radius 3 is 1.01 bits per heavy atom. The summed E-state index contributed by atoms with van der Waals surface area (Å²) in [6.45, 7) is 4.67. The van der Waals surface area contributed by atoms with E-state index in [1.165, 1.54) is 180 Å². The molecule has 9 heteroatoms. The van der Waals surface area contributed by atoms with Gasteiger partial charge < -0.3 is 33.3 Å². The monoisotopic (exact) mass is 1170 g/mol. The van der Waals surface area contributed by atoms with Gasteiger partial charge in [-0.05, 0) is 77.0 Å². The molecule has 0 aromatic rings. The number of likely N-dealkylation sites (N-methyl/N-ethyl adjacent to an activating group) is 1. The molecule has 2 unspecified atom stereocenters. The number of carboxylic acids is 1. The number of hydrogen-bond donors (Lipinski definition) is 0. The summed E-state index contributed by atoms with van der Waals surface area (Å²) < 4.78 is 22.8. The second-order valence-corrected chi connectivity index (χ2v) is 24.4. The van der Waals surface area contributed by atoms with Crippen LogP contribution in [0.3, 0.4) is 0 Å². The molecule has 2 atom stereocenters. The number of hydrogen-bond acceptors (Lipinski definition) is 8. The van der Waals surface area contributed by atoms with Gasteiger partial charge in [-0.2, -0.15) is 0 Å². The average Bonchev–Trinajstić information content (AvgIpc) is 3.55. The number of unbranched alkanes of at least 4 members (excludes halogenated alkanes) is 33. The predicted molar refractivity (Wildman–Crippen MR) is 357 cm³/mol. The highest BCUT2D eigenvalue weighted by atomic mass is 16.7. The highest BCUT2D eigenvalue weighted by molar-refractivity contribution is 5.70. The molecular formula is C75H131NO8. The normalized spacial score (nSPS) is 13.3. The lowest BCUT2D eigenvalue weighted by atomic mass is 10.0. The molecule has 484 valence electrons. The Morgan fingerprint density at radius 1 is 0.369 bits per heavy atom. The van der Waals surface area contributed by atoms with Crippen molar-refractivity contribution in [3.63, 3.8) is 0 Å². The molecule has 0 amide bonds. The summed E-state index contributed by atoms with van der Waals surface area (Å²) in [6, 6.07) is 0. The van der Waals surface area contributed by atoms with Crippen LogP contribution in [0.2, 0.25) is 0 Å². The molecule has 0 radical (unpaired) electrons. The second-order valence-electron chi connectivity index (χ2n) is 24.4. The topological polar surface area (TPSA) is 111 Å². The number of rotatable bonds is 64. The third-order valence-corrected chi connectivity index (χ3v) is 15.1. The summed E-state index contributed by atoms with van der Waals surface area (Å²) in [4.78, 5) is 37.5. The lowest BCUT2D eigenvalue weighted by molar-refractivity contribution is -0.870. The molecule has 0 saturated heterocycles. The molecule has 0 heterocycles. The van der Waals surface area contributed by atoms with Crippen molar-refractivity contribution in [1.29, 1.82) is 0 Å². The van der Waals surface area contributed by atoms with E-state index in [1.54, 1.807) is 0 Å². The van der Waals surface area contributed by atoms with Gasteiger partial charge in [0.15, 0.2) is 12.4 Å². The van der Waals surface area contributed by atoms with Gasteiger partial charge in [0.25, 0.3) is 0 Å². The maximum absolute atomic E-state index is 12.9. The van der Waals surface area contributed by atoms with Crippen molar-refractivity contribution in [3.8, 4) is 0 Å². The number of quaternary nitrogens is 1. The van der Waals surface area contributed by atoms with Crippen LogP contribution in [0.1, 0.15) is 303 Å². The summed E-state index contributed by atoms with van der Waals surface area (Å²) in [5, 5.41) is 11.8. The van der Waals surface area contributed by atoms with Crippen molar-refractivity contribution in [1.82, 2.24) is 0 Å². The fourth-order valence-corrected chi connectivity index (χ4v) is 9.79. The molecule has 0 aromatic carbocycles. The number of aliphatic carboxylic acids is 1. The van der Waals surface area contributed by atoms with Crippen molar-refractivity contribution in [2.75, 3.05) is 47.5 Å². The lowest BCUT2D eigenvalue weighted by Crippen LogP contribution is -2.44. The van der Waals surface area contributed by atoms with Gasteiger partial charge in [0.2, 0.25) is 0 Å². The Hall–Kier alpha value is -3.79. The number of allylic oxidation sites excluding steroid dienone is 16. The van der Waals surface area contributed by atoms with Crippen molar-refractivity contribution in [2.45, 2.75) is 315 Å². The average molecular weight is 1170 g/mol. The number of nitrogens with zero attached hydrogens (tertiary/aromatic N) is 1. The van der Waals surface area contributed by atoms with Gasteiger partial charge in [0, 0.05) is 12.8 Å². The molecule has 0 aliphatic heterocycles. The highest BCUT2D eigenvalue weighted by Gasteiger charge is 2.22. The molecule has 0 saturated carbocycles. The maximum Gasteiger partial charge on any atom is 0.306 e. The number of ether oxygens (including phenoxy) is 4. The number of carboxylic acid groups (broad SMARTS) is 1. The number of esters is 2. The lowest BCUT2D eigenvalue weighted by Gasteiger charge is -2.26. The minimum Gasteiger partial charge on any atom is -0.545 e. The summed E-state index contributed by atoms with van der Waals surface area (Å²) in [6.07, 6.45) is 86.3. The van der Waals surface area contributed by atoms with Gasteiger partial charge in [-0.15, -0.1) is 0 Å². The van der Waals surface area contributed by atoms with Crippen molar-refractivity contribution in [3.05, 3.63) is 97.2 Å². The van der Waals surface area contributed by atoms with Crippen molar-refractivity contribution in [2.24, 2.45) is 0 Å². The third kappa shape index (κ3) is 65.7. The fourth-order valence-electron chi connectivity index (χ4n) is 9.79. The summed E-state index contributed by atoms with van der Waals surface area (Å²) in [5.74, 6) is -2.27. The van der Waals surface area contributed by atoms with E-state index in [-0.39, 0.29) is 32.2 Å². The van der Waals surface area contributed by atoms with Crippen LogP contribution in [-0.4, -0.2) is 82.3 Å². The van der Waals surface area contributed by atoms with E-state index in [4.69, 9.17) is 18.9 Å². The first kappa shape index (κ1) is 80.2. The van der Waals surface area contributed by atoms with Crippen molar-refractivity contribution >= 4 is 17.9 Å². The molecule has 0 N–H and O–H groups in total. The standard InChI is InChI=1S/C75H131NO8/c1-6-8-10-12-14-16-18-20-22-24-26-28-30-31-32-33-34-35-36-37-38-39-40-41-42-43-44-46-48-50-52-54-56-58-60-62-64-66-73(78)84-71(70-83-75(74(79)80)81-68-67-76(3,4)5)69-82-72(77)65-63-61-59-57-55-53-51-49-47-45-29-27-25-23-21-19-17-15-13-11-9-7-2/h8,10,14,16,20,22,26,28,31-32,34-35,37-38,40-41,71,75H,6-7,9,11-13,15,17-19,21,23-25,27,29-30,33,36,39,42-70H2,1-5H3/b10-8-,16-14-,22-20-,28-26-,32-31-,35-34-,38-37-,41-40-. The van der Waals surface area contributed by atoms with Crippen LogP contribution in [-0.2, 0) is 33.3 Å². The molecule has 0 fully saturated rings. The van der Waals surface area contributed by atoms with E-state index < -0.39 is 24.3 Å². The molecule has 9 nitrogen and oxygen atoms in total. The maximum atomic E-state index is 12.9.